The van der Waals surface area contributed by atoms with Crippen molar-refractivity contribution in [2.75, 3.05) is 25.4 Å². The van der Waals surface area contributed by atoms with E-state index in [4.69, 9.17) is 0 Å². The molecule has 0 aliphatic carbocycles. The highest BCUT2D eigenvalue weighted by Crippen LogP contribution is 2.24. The first-order valence-electron chi connectivity index (χ1n) is 6.36. The topological polar surface area (TPSA) is 62.3 Å². The van der Waals surface area contributed by atoms with Gasteiger partial charge in [0.1, 0.15) is 0 Å². The minimum Gasteiger partial charge on any atom is -0.313 e. The molecule has 1 fully saturated rings. The third-order valence-corrected chi connectivity index (χ3v) is 5.10. The highest BCUT2D eigenvalue weighted by molar-refractivity contribution is 7.89. The number of nitrogens with one attached hydrogen (secondary N) is 1. The molecule has 1 N–H and O–H groups in total. The summed E-state index contributed by atoms with van der Waals surface area (Å²) in [6.45, 7) is 5.39. The molecule has 1 aromatic heterocycles. The van der Waals surface area contributed by atoms with Crippen molar-refractivity contribution in [3.05, 3.63) is 42.7 Å². The normalized spacial score (nSPS) is 20.1. The number of allylic oxidation sites excluding steroid dienone is 1. The third-order valence-electron chi connectivity index (χ3n) is 3.20. The Balaban J connectivity index is 0.00000200. The van der Waals surface area contributed by atoms with Crippen molar-refractivity contribution in [2.45, 2.75) is 12.5 Å². The molecule has 0 aromatic carbocycles. The summed E-state index contributed by atoms with van der Waals surface area (Å²) < 4.78 is 26.3. The Morgan fingerprint density at radius 1 is 1.55 bits per heavy atom. The van der Waals surface area contributed by atoms with Gasteiger partial charge in [-0.05, 0) is 18.1 Å². The fourth-order valence-electron chi connectivity index (χ4n) is 2.23. The number of pyridine rings is 1. The van der Waals surface area contributed by atoms with Gasteiger partial charge in [0.25, 0.3) is 0 Å². The Bertz CT molecular complexity index is 522. The molecule has 7 heteroatoms. The Kier molecular flexibility index (Phi) is 6.61. The molecule has 1 atom stereocenters. The van der Waals surface area contributed by atoms with E-state index in [0.717, 1.165) is 5.56 Å². The monoisotopic (exact) mass is 317 g/mol. The summed E-state index contributed by atoms with van der Waals surface area (Å²) in [5.74, 6) is 0.118. The summed E-state index contributed by atoms with van der Waals surface area (Å²) >= 11 is 0. The van der Waals surface area contributed by atoms with Gasteiger partial charge in [0.05, 0.1) is 11.8 Å². The first-order chi connectivity index (χ1) is 9.15. The number of hydrogen-bond acceptors (Lipinski definition) is 4. The molecule has 1 aromatic rings. The van der Waals surface area contributed by atoms with Crippen LogP contribution in [0.3, 0.4) is 0 Å². The maximum absolute atomic E-state index is 12.4. The SMILES string of the molecule is C=CCCS(=O)(=O)N1CCNCC1c1cccnc1.Cl. The lowest BCUT2D eigenvalue weighted by atomic mass is 10.1. The van der Waals surface area contributed by atoms with Gasteiger partial charge in [0.2, 0.25) is 10.0 Å². The van der Waals surface area contributed by atoms with E-state index in [1.807, 2.05) is 12.1 Å². The summed E-state index contributed by atoms with van der Waals surface area (Å²) in [4.78, 5) is 4.07. The zero-order valence-corrected chi connectivity index (χ0v) is 12.9. The average molecular weight is 318 g/mol. The number of nitrogens with zero attached hydrogens (tertiary/aromatic N) is 2. The van der Waals surface area contributed by atoms with Crippen molar-refractivity contribution in [1.82, 2.24) is 14.6 Å². The largest absolute Gasteiger partial charge is 0.313 e. The standard InChI is InChI=1S/C13H19N3O2S.ClH/c1-2-3-9-19(17,18)16-8-7-15-11-13(16)12-5-4-6-14-10-12;/h2,4-6,10,13,15H,1,3,7-9,11H2;1H. The van der Waals surface area contributed by atoms with Crippen molar-refractivity contribution in [3.8, 4) is 0 Å². The summed E-state index contributed by atoms with van der Waals surface area (Å²) in [5, 5.41) is 3.24. The van der Waals surface area contributed by atoms with Gasteiger partial charge in [0, 0.05) is 32.0 Å². The quantitative estimate of drug-likeness (QED) is 0.833. The van der Waals surface area contributed by atoms with E-state index in [-0.39, 0.29) is 24.2 Å². The molecule has 112 valence electrons. The maximum atomic E-state index is 12.4. The molecule has 0 saturated carbocycles. The van der Waals surface area contributed by atoms with E-state index in [1.165, 1.54) is 0 Å². The highest BCUT2D eigenvalue weighted by Gasteiger charge is 2.32. The van der Waals surface area contributed by atoms with Gasteiger partial charge >= 0.3 is 0 Å². The van der Waals surface area contributed by atoms with E-state index in [9.17, 15) is 8.42 Å². The number of piperazine rings is 1. The number of aromatic nitrogens is 1. The van der Waals surface area contributed by atoms with Crippen LogP contribution in [0, 0.1) is 0 Å². The van der Waals surface area contributed by atoms with E-state index < -0.39 is 10.0 Å². The molecule has 1 aliphatic rings. The van der Waals surface area contributed by atoms with Crippen molar-refractivity contribution in [2.24, 2.45) is 0 Å². The first-order valence-corrected chi connectivity index (χ1v) is 7.97. The fraction of sp³-hybridized carbons (Fsp3) is 0.462. The minimum atomic E-state index is -3.25. The van der Waals surface area contributed by atoms with Gasteiger partial charge in [-0.25, -0.2) is 8.42 Å². The summed E-state index contributed by atoms with van der Waals surface area (Å²) in [6.07, 6.45) is 5.54. The molecule has 0 bridgehead atoms. The lowest BCUT2D eigenvalue weighted by Crippen LogP contribution is -2.49. The third kappa shape index (κ3) is 4.02. The van der Waals surface area contributed by atoms with E-state index in [2.05, 4.69) is 16.9 Å². The molecular formula is C13H20ClN3O2S. The van der Waals surface area contributed by atoms with Crippen LogP contribution in [-0.4, -0.2) is 43.1 Å². The molecule has 2 heterocycles. The van der Waals surface area contributed by atoms with Gasteiger partial charge in [-0.3, -0.25) is 4.98 Å². The van der Waals surface area contributed by atoms with E-state index in [0.29, 0.717) is 26.1 Å². The predicted molar refractivity (Wildman–Crippen MR) is 82.4 cm³/mol. The second-order valence-electron chi connectivity index (χ2n) is 4.51. The van der Waals surface area contributed by atoms with Crippen LogP contribution in [0.2, 0.25) is 0 Å². The molecule has 1 aliphatic heterocycles. The van der Waals surface area contributed by atoms with Crippen molar-refractivity contribution in [3.63, 3.8) is 0 Å². The predicted octanol–water partition coefficient (Wildman–Crippen LogP) is 1.36. The fourth-order valence-corrected chi connectivity index (χ4v) is 3.88. The molecule has 5 nitrogen and oxygen atoms in total. The molecule has 0 amide bonds. The van der Waals surface area contributed by atoms with Crippen LogP contribution in [0.5, 0.6) is 0 Å². The van der Waals surface area contributed by atoms with E-state index in [1.54, 1.807) is 22.8 Å². The van der Waals surface area contributed by atoms with Gasteiger partial charge < -0.3 is 5.32 Å². The molecular weight excluding hydrogens is 298 g/mol. The van der Waals surface area contributed by atoms with Crippen LogP contribution in [0.4, 0.5) is 0 Å². The molecule has 1 unspecified atom stereocenters. The Hall–Kier alpha value is -0.950. The Morgan fingerprint density at radius 2 is 2.35 bits per heavy atom. The summed E-state index contributed by atoms with van der Waals surface area (Å²) in [6, 6.07) is 3.58. The second-order valence-corrected chi connectivity index (χ2v) is 6.55. The summed E-state index contributed by atoms with van der Waals surface area (Å²) in [5.41, 5.74) is 0.928. The van der Waals surface area contributed by atoms with Gasteiger partial charge in [-0.15, -0.1) is 19.0 Å². The maximum Gasteiger partial charge on any atom is 0.215 e. The van der Waals surface area contributed by atoms with Crippen LogP contribution < -0.4 is 5.32 Å². The van der Waals surface area contributed by atoms with Gasteiger partial charge in [-0.1, -0.05) is 12.1 Å². The van der Waals surface area contributed by atoms with Crippen molar-refractivity contribution < 1.29 is 8.42 Å². The molecule has 0 spiro atoms. The average Bonchev–Trinajstić information content (AvgIpc) is 2.46. The molecule has 0 radical (unpaired) electrons. The lowest BCUT2D eigenvalue weighted by molar-refractivity contribution is 0.271. The smallest absolute Gasteiger partial charge is 0.215 e. The number of sulfonamides is 1. The first kappa shape index (κ1) is 17.1. The number of halogens is 1. The van der Waals surface area contributed by atoms with Crippen molar-refractivity contribution >= 4 is 22.4 Å². The van der Waals surface area contributed by atoms with Crippen LogP contribution in [-0.2, 0) is 10.0 Å². The van der Waals surface area contributed by atoms with Crippen LogP contribution >= 0.6 is 12.4 Å². The van der Waals surface area contributed by atoms with Gasteiger partial charge in [-0.2, -0.15) is 4.31 Å². The lowest BCUT2D eigenvalue weighted by Gasteiger charge is -2.35. The van der Waals surface area contributed by atoms with E-state index >= 15 is 0 Å². The zero-order valence-electron chi connectivity index (χ0n) is 11.2. The van der Waals surface area contributed by atoms with Crippen LogP contribution in [0.15, 0.2) is 37.2 Å². The summed E-state index contributed by atoms with van der Waals surface area (Å²) in [7, 11) is -3.25. The minimum absolute atomic E-state index is 0. The Morgan fingerprint density at radius 3 is 3.00 bits per heavy atom. The zero-order chi connectivity index (χ0) is 13.7. The van der Waals surface area contributed by atoms with Crippen LogP contribution in [0.25, 0.3) is 0 Å². The molecule has 20 heavy (non-hydrogen) atoms. The number of rotatable bonds is 5. The van der Waals surface area contributed by atoms with Crippen LogP contribution in [0.1, 0.15) is 18.0 Å². The molecule has 2 rings (SSSR count). The van der Waals surface area contributed by atoms with Gasteiger partial charge in [0.15, 0.2) is 0 Å². The molecule has 1 saturated heterocycles. The number of hydrogen-bond donors (Lipinski definition) is 1. The van der Waals surface area contributed by atoms with Crippen molar-refractivity contribution in [1.29, 1.82) is 0 Å². The highest BCUT2D eigenvalue weighted by atomic mass is 35.5. The Labute approximate surface area is 126 Å². The second kappa shape index (κ2) is 7.73.